The van der Waals surface area contributed by atoms with Gasteiger partial charge in [0.15, 0.2) is 0 Å². The number of carbonyl (C=O) groups is 1. The lowest BCUT2D eigenvalue weighted by atomic mass is 10.3. The van der Waals surface area contributed by atoms with E-state index in [0.29, 0.717) is 37.1 Å². The van der Waals surface area contributed by atoms with Crippen molar-refractivity contribution in [2.75, 3.05) is 41.7 Å². The molecule has 1 aromatic rings. The third kappa shape index (κ3) is 5.66. The third-order valence-corrected chi connectivity index (χ3v) is 4.99. The molecule has 0 atom stereocenters. The molecule has 9 nitrogen and oxygen atoms in total. The first-order valence-electron chi connectivity index (χ1n) is 7.96. The summed E-state index contributed by atoms with van der Waals surface area (Å²) in [6.07, 6.45) is 0.00101. The van der Waals surface area contributed by atoms with Crippen molar-refractivity contribution in [2.45, 2.75) is 25.6 Å². The maximum Gasteiger partial charge on any atom is 0.490 e. The van der Waals surface area contributed by atoms with Crippen molar-refractivity contribution in [3.05, 3.63) is 11.9 Å². The topological polar surface area (TPSA) is 113 Å². The third-order valence-electron chi connectivity index (χ3n) is 3.81. The predicted molar refractivity (Wildman–Crippen MR) is 89.0 cm³/mol. The Labute approximate surface area is 153 Å². The van der Waals surface area contributed by atoms with Crippen LogP contribution in [-0.4, -0.2) is 68.1 Å². The normalized spacial score (nSPS) is 17.6. The monoisotopic (exact) mass is 412 g/mol. The molecule has 2 aliphatic heterocycles. The van der Waals surface area contributed by atoms with Gasteiger partial charge in [-0.1, -0.05) is 0 Å². The maximum absolute atomic E-state index is 11.8. The maximum atomic E-state index is 11.8. The first-order chi connectivity index (χ1) is 12.5. The smallest absolute Gasteiger partial charge is 0.475 e. The summed E-state index contributed by atoms with van der Waals surface area (Å²) >= 11 is 0. The van der Waals surface area contributed by atoms with Crippen LogP contribution >= 0.6 is 0 Å². The number of halogens is 3. The van der Waals surface area contributed by atoms with Crippen LogP contribution in [0.2, 0.25) is 0 Å². The molecule has 3 rings (SSSR count). The summed E-state index contributed by atoms with van der Waals surface area (Å²) in [4.78, 5) is 19.9. The number of nitrogens with zero attached hydrogens (tertiary/aromatic N) is 4. The molecule has 1 N–H and O–H groups in total. The van der Waals surface area contributed by atoms with E-state index in [0.717, 1.165) is 25.9 Å². The lowest BCUT2D eigenvalue weighted by Gasteiger charge is -2.22. The molecule has 0 bridgehead atoms. The number of fused-ring (bicyclic) bond motifs is 1. The molecule has 1 fully saturated rings. The molecule has 27 heavy (non-hydrogen) atoms. The van der Waals surface area contributed by atoms with Crippen molar-refractivity contribution in [2.24, 2.45) is 0 Å². The van der Waals surface area contributed by atoms with Gasteiger partial charge in [-0.25, -0.2) is 23.2 Å². The van der Waals surface area contributed by atoms with E-state index in [-0.39, 0.29) is 0 Å². The molecular formula is C14H19F3N4O5S. The predicted octanol–water partition coefficient (Wildman–Crippen LogP) is 1.01. The minimum Gasteiger partial charge on any atom is -0.475 e. The van der Waals surface area contributed by atoms with Crippen molar-refractivity contribution in [3.63, 3.8) is 0 Å². The van der Waals surface area contributed by atoms with Crippen molar-refractivity contribution in [1.82, 2.24) is 9.97 Å². The number of sulfonamides is 1. The van der Waals surface area contributed by atoms with E-state index in [1.807, 2.05) is 0 Å². The molecule has 0 amide bonds. The Morgan fingerprint density at radius 1 is 1.26 bits per heavy atom. The number of hydrogen-bond donors (Lipinski definition) is 1. The number of ether oxygens (including phenoxy) is 1. The summed E-state index contributed by atoms with van der Waals surface area (Å²) in [6, 6.07) is 0. The van der Waals surface area contributed by atoms with Gasteiger partial charge in [0, 0.05) is 13.1 Å². The Morgan fingerprint density at radius 2 is 1.85 bits per heavy atom. The molecule has 0 aromatic carbocycles. The molecule has 0 spiro atoms. The standard InChI is InChI=1S/C12H18N4O3S.C2HF3O2/c1-20(17,18)16-6-7-19-9-10-11(16)8-13-12(14-10)15-4-2-3-5-15;3-2(4,5)1(6)7/h8H,2-7,9H2,1H3;(H,6,7). The van der Waals surface area contributed by atoms with Crippen LogP contribution in [0.4, 0.5) is 24.8 Å². The van der Waals surface area contributed by atoms with Gasteiger partial charge in [-0.15, -0.1) is 0 Å². The first-order valence-corrected chi connectivity index (χ1v) is 9.81. The number of aliphatic carboxylic acids is 1. The van der Waals surface area contributed by atoms with E-state index in [2.05, 4.69) is 14.9 Å². The van der Waals surface area contributed by atoms with Gasteiger partial charge in [-0.05, 0) is 12.8 Å². The summed E-state index contributed by atoms with van der Waals surface area (Å²) in [7, 11) is -3.33. The Hall–Kier alpha value is -2.15. The highest BCUT2D eigenvalue weighted by molar-refractivity contribution is 7.92. The average molecular weight is 412 g/mol. The molecule has 1 saturated heterocycles. The molecule has 1 aromatic heterocycles. The van der Waals surface area contributed by atoms with Gasteiger partial charge in [-0.3, -0.25) is 4.31 Å². The van der Waals surface area contributed by atoms with E-state index in [4.69, 9.17) is 14.6 Å². The molecule has 0 unspecified atom stereocenters. The molecule has 0 aliphatic carbocycles. The second-order valence-electron chi connectivity index (χ2n) is 5.89. The second kappa shape index (κ2) is 8.25. The van der Waals surface area contributed by atoms with Gasteiger partial charge in [0.25, 0.3) is 0 Å². The minimum atomic E-state index is -5.08. The van der Waals surface area contributed by atoms with Crippen LogP contribution in [0.5, 0.6) is 0 Å². The fourth-order valence-corrected chi connectivity index (χ4v) is 3.48. The fraction of sp³-hybridized carbons (Fsp3) is 0.643. The van der Waals surface area contributed by atoms with Crippen LogP contribution in [0.1, 0.15) is 18.5 Å². The summed E-state index contributed by atoms with van der Waals surface area (Å²) < 4.78 is 62.2. The van der Waals surface area contributed by atoms with Crippen LogP contribution in [0.3, 0.4) is 0 Å². The van der Waals surface area contributed by atoms with Gasteiger partial charge < -0.3 is 14.7 Å². The lowest BCUT2D eigenvalue weighted by Crippen LogP contribution is -2.32. The molecule has 13 heteroatoms. The van der Waals surface area contributed by atoms with E-state index < -0.39 is 22.2 Å². The van der Waals surface area contributed by atoms with Crippen LogP contribution < -0.4 is 9.21 Å². The molecule has 3 heterocycles. The fourth-order valence-electron chi connectivity index (χ4n) is 2.57. The van der Waals surface area contributed by atoms with E-state index in [1.54, 1.807) is 6.20 Å². The average Bonchev–Trinajstić information content (AvgIpc) is 2.99. The molecule has 2 aliphatic rings. The Kier molecular flexibility index (Phi) is 6.46. The SMILES string of the molecule is CS(=O)(=O)N1CCOCc2nc(N3CCCC3)ncc21.O=C(O)C(F)(F)F. The van der Waals surface area contributed by atoms with Crippen LogP contribution in [0.15, 0.2) is 6.20 Å². The van der Waals surface area contributed by atoms with Gasteiger partial charge >= 0.3 is 12.1 Å². The number of hydrogen-bond acceptors (Lipinski definition) is 7. The minimum absolute atomic E-state index is 0.304. The largest absolute Gasteiger partial charge is 0.490 e. The Morgan fingerprint density at radius 3 is 2.37 bits per heavy atom. The second-order valence-corrected chi connectivity index (χ2v) is 7.79. The quantitative estimate of drug-likeness (QED) is 0.766. The number of carboxylic acids is 1. The van der Waals surface area contributed by atoms with Crippen LogP contribution in [0, 0.1) is 0 Å². The summed E-state index contributed by atoms with van der Waals surface area (Å²) in [5.41, 5.74) is 1.18. The van der Waals surface area contributed by atoms with E-state index >= 15 is 0 Å². The number of aromatic nitrogens is 2. The Bertz CT molecular complexity index is 781. The van der Waals surface area contributed by atoms with Crippen LogP contribution in [-0.2, 0) is 26.2 Å². The van der Waals surface area contributed by atoms with Crippen molar-refractivity contribution < 1.29 is 36.2 Å². The van der Waals surface area contributed by atoms with Crippen molar-refractivity contribution >= 4 is 27.6 Å². The van der Waals surface area contributed by atoms with Gasteiger partial charge in [-0.2, -0.15) is 13.2 Å². The van der Waals surface area contributed by atoms with Crippen molar-refractivity contribution in [3.8, 4) is 0 Å². The zero-order chi connectivity index (χ0) is 20.2. The molecular weight excluding hydrogens is 393 g/mol. The summed E-state index contributed by atoms with van der Waals surface area (Å²) in [6.45, 7) is 2.90. The molecule has 0 saturated carbocycles. The van der Waals surface area contributed by atoms with Gasteiger partial charge in [0.1, 0.15) is 0 Å². The Balaban J connectivity index is 0.000000321. The molecule has 0 radical (unpaired) electrons. The highest BCUT2D eigenvalue weighted by atomic mass is 32.2. The number of carboxylic acid groups (broad SMARTS) is 1. The number of anilines is 2. The summed E-state index contributed by atoms with van der Waals surface area (Å²) in [5, 5.41) is 7.12. The van der Waals surface area contributed by atoms with Gasteiger partial charge in [0.2, 0.25) is 16.0 Å². The zero-order valence-corrected chi connectivity index (χ0v) is 15.3. The zero-order valence-electron chi connectivity index (χ0n) is 14.4. The van der Waals surface area contributed by atoms with E-state index in [9.17, 15) is 21.6 Å². The van der Waals surface area contributed by atoms with E-state index in [1.165, 1.54) is 10.6 Å². The molecule has 152 valence electrons. The van der Waals surface area contributed by atoms with Crippen molar-refractivity contribution in [1.29, 1.82) is 0 Å². The lowest BCUT2D eigenvalue weighted by molar-refractivity contribution is -0.192. The number of alkyl halides is 3. The van der Waals surface area contributed by atoms with Gasteiger partial charge in [0.05, 0.1) is 43.6 Å². The highest BCUT2D eigenvalue weighted by Gasteiger charge is 2.38. The first kappa shape index (κ1) is 21.2. The van der Waals surface area contributed by atoms with Crippen LogP contribution in [0.25, 0.3) is 0 Å². The number of rotatable bonds is 2. The highest BCUT2D eigenvalue weighted by Crippen LogP contribution is 2.26. The summed E-state index contributed by atoms with van der Waals surface area (Å²) in [5.74, 6) is -2.09.